The van der Waals surface area contributed by atoms with Gasteiger partial charge in [-0.3, -0.25) is 29.8 Å². The number of halogens is 1. The Kier molecular flexibility index (Phi) is 4.61. The first-order valence-corrected chi connectivity index (χ1v) is 7.74. The smallest absolute Gasteiger partial charge is 0.288 e. The van der Waals surface area contributed by atoms with Crippen molar-refractivity contribution in [3.8, 4) is 0 Å². The highest BCUT2D eigenvalue weighted by molar-refractivity contribution is 6.49. The monoisotopic (exact) mass is 385 g/mol. The van der Waals surface area contributed by atoms with E-state index in [2.05, 4.69) is 4.99 Å². The number of allylic oxidation sites excluding steroid dienone is 2. The second kappa shape index (κ2) is 6.89. The van der Waals surface area contributed by atoms with Crippen molar-refractivity contribution in [1.29, 1.82) is 0 Å². The number of nitrogens with zero attached hydrogens (tertiary/aromatic N) is 3. The van der Waals surface area contributed by atoms with E-state index >= 15 is 0 Å². The lowest BCUT2D eigenvalue weighted by atomic mass is 9.94. The van der Waals surface area contributed by atoms with Gasteiger partial charge < -0.3 is 0 Å². The molecule has 2 aromatic rings. The largest absolute Gasteiger partial charge is 0.289 e. The number of nitro groups is 2. The van der Waals surface area contributed by atoms with Crippen LogP contribution in [0.4, 0.5) is 11.4 Å². The first-order valence-electron chi connectivity index (χ1n) is 7.36. The molecule has 1 amide bonds. The van der Waals surface area contributed by atoms with Crippen LogP contribution < -0.4 is 0 Å². The van der Waals surface area contributed by atoms with Gasteiger partial charge in [0.25, 0.3) is 17.3 Å². The van der Waals surface area contributed by atoms with Crippen LogP contribution in [0, 0.1) is 20.2 Å². The van der Waals surface area contributed by atoms with Crippen LogP contribution in [0.2, 0.25) is 0 Å². The molecule has 2 aromatic carbocycles. The van der Waals surface area contributed by atoms with Crippen LogP contribution in [-0.2, 0) is 0 Å². The van der Waals surface area contributed by atoms with Gasteiger partial charge in [-0.2, -0.15) is 0 Å². The van der Waals surface area contributed by atoms with Gasteiger partial charge in [-0.15, -0.1) is 0 Å². The van der Waals surface area contributed by atoms with E-state index in [1.807, 2.05) is 0 Å². The minimum absolute atomic E-state index is 0.0628. The minimum atomic E-state index is -0.989. The Morgan fingerprint density at radius 1 is 1.00 bits per heavy atom. The van der Waals surface area contributed by atoms with E-state index in [1.165, 1.54) is 12.1 Å². The Morgan fingerprint density at radius 2 is 1.67 bits per heavy atom. The normalized spacial score (nSPS) is 14.5. The number of carbonyl (C=O) groups is 2. The van der Waals surface area contributed by atoms with Gasteiger partial charge in [-0.1, -0.05) is 35.9 Å². The number of aliphatic imine (C=N–C) groups is 1. The number of amides is 1. The number of hydrogen-bond acceptors (Lipinski definition) is 6. The number of fused-ring (bicyclic) bond motifs is 1. The summed E-state index contributed by atoms with van der Waals surface area (Å²) in [5.41, 5.74) is -1.03. The molecular formula is C17H8ClN3O6. The molecule has 0 unspecified atom stereocenters. The maximum Gasteiger partial charge on any atom is 0.289 e. The Balaban J connectivity index is 2.11. The molecule has 0 aromatic heterocycles. The summed E-state index contributed by atoms with van der Waals surface area (Å²) in [6, 6.07) is 8.95. The standard InChI is InChI=1S/C17H8ClN3O6/c18-13-8-14(10-3-1-2-4-11(10)16(13)22)19-17(23)12-6-5-9(20(24)25)7-15(12)21(26)27/h1-8H. The van der Waals surface area contributed by atoms with Crippen molar-refractivity contribution in [2.75, 3.05) is 0 Å². The third-order valence-electron chi connectivity index (χ3n) is 3.77. The molecule has 0 saturated heterocycles. The average Bonchev–Trinajstić information content (AvgIpc) is 2.65. The second-order valence-electron chi connectivity index (χ2n) is 5.38. The quantitative estimate of drug-likeness (QED) is 0.586. The van der Waals surface area contributed by atoms with Gasteiger partial charge >= 0.3 is 0 Å². The number of Topliss-reactive ketones (excluding diaryl/α,β-unsaturated/α-hetero) is 1. The fourth-order valence-electron chi connectivity index (χ4n) is 2.52. The molecule has 1 aliphatic carbocycles. The predicted molar refractivity (Wildman–Crippen MR) is 95.3 cm³/mol. The zero-order valence-corrected chi connectivity index (χ0v) is 14.0. The van der Waals surface area contributed by atoms with Gasteiger partial charge in [0.05, 0.1) is 26.7 Å². The van der Waals surface area contributed by atoms with Crippen molar-refractivity contribution in [3.63, 3.8) is 0 Å². The summed E-state index contributed by atoms with van der Waals surface area (Å²) >= 11 is 5.89. The Morgan fingerprint density at radius 3 is 2.30 bits per heavy atom. The fraction of sp³-hybridized carbons (Fsp3) is 0. The fourth-order valence-corrected chi connectivity index (χ4v) is 2.73. The van der Waals surface area contributed by atoms with E-state index in [0.29, 0.717) is 11.6 Å². The third kappa shape index (κ3) is 3.35. The van der Waals surface area contributed by atoms with Gasteiger partial charge in [0.2, 0.25) is 5.78 Å². The van der Waals surface area contributed by atoms with Crippen LogP contribution in [0.3, 0.4) is 0 Å². The number of ketones is 1. The molecule has 0 fully saturated rings. The molecule has 0 spiro atoms. The van der Waals surface area contributed by atoms with Gasteiger partial charge in [-0.05, 0) is 12.1 Å². The van der Waals surface area contributed by atoms with Crippen LogP contribution in [0.25, 0.3) is 0 Å². The Hall–Kier alpha value is -3.72. The van der Waals surface area contributed by atoms with Crippen LogP contribution in [0.1, 0.15) is 26.3 Å². The SMILES string of the molecule is O=C1C(Cl)=CC(=NC(=O)c2ccc([N+](=O)[O-])cc2[N+](=O)[O-])c2ccccc21. The number of carbonyl (C=O) groups excluding carboxylic acids is 2. The maximum absolute atomic E-state index is 12.5. The van der Waals surface area contributed by atoms with E-state index in [1.54, 1.807) is 18.2 Å². The van der Waals surface area contributed by atoms with Crippen molar-refractivity contribution < 1.29 is 19.4 Å². The predicted octanol–water partition coefficient (Wildman–Crippen LogP) is 3.45. The Bertz CT molecular complexity index is 1090. The van der Waals surface area contributed by atoms with Gasteiger partial charge in [0, 0.05) is 17.2 Å². The Labute approximate surface area is 155 Å². The zero-order chi connectivity index (χ0) is 19.7. The zero-order valence-electron chi connectivity index (χ0n) is 13.3. The third-order valence-corrected chi connectivity index (χ3v) is 4.05. The molecule has 27 heavy (non-hydrogen) atoms. The summed E-state index contributed by atoms with van der Waals surface area (Å²) < 4.78 is 0. The molecule has 3 rings (SSSR count). The highest BCUT2D eigenvalue weighted by Gasteiger charge is 2.27. The lowest BCUT2D eigenvalue weighted by Crippen LogP contribution is -2.16. The molecular weight excluding hydrogens is 378 g/mol. The second-order valence-corrected chi connectivity index (χ2v) is 5.79. The lowest BCUT2D eigenvalue weighted by Gasteiger charge is -2.13. The number of nitro benzene ring substituents is 2. The molecule has 0 saturated carbocycles. The van der Waals surface area contributed by atoms with E-state index < -0.39 is 38.5 Å². The van der Waals surface area contributed by atoms with Crippen LogP contribution in [0.15, 0.2) is 58.6 Å². The molecule has 0 radical (unpaired) electrons. The summed E-state index contributed by atoms with van der Waals surface area (Å²) in [6.07, 6.45) is 1.20. The van der Waals surface area contributed by atoms with Gasteiger partial charge in [-0.25, -0.2) is 4.99 Å². The molecule has 0 atom stereocenters. The van der Waals surface area contributed by atoms with E-state index in [-0.39, 0.29) is 16.3 Å². The molecule has 134 valence electrons. The minimum Gasteiger partial charge on any atom is -0.288 e. The first kappa shape index (κ1) is 18.1. The van der Waals surface area contributed by atoms with Crippen molar-refractivity contribution in [2.24, 2.45) is 4.99 Å². The number of hydrogen-bond donors (Lipinski definition) is 0. The van der Waals surface area contributed by atoms with E-state index in [0.717, 1.165) is 12.1 Å². The molecule has 0 N–H and O–H groups in total. The molecule has 0 heterocycles. The highest BCUT2D eigenvalue weighted by Crippen LogP contribution is 2.27. The average molecular weight is 386 g/mol. The van der Waals surface area contributed by atoms with Crippen molar-refractivity contribution >= 4 is 40.4 Å². The maximum atomic E-state index is 12.5. The summed E-state index contributed by atoms with van der Waals surface area (Å²) in [4.78, 5) is 48.7. The summed E-state index contributed by atoms with van der Waals surface area (Å²) in [5.74, 6) is -1.42. The molecule has 10 heteroatoms. The first-order chi connectivity index (χ1) is 12.8. The number of benzene rings is 2. The molecule has 0 aliphatic heterocycles. The highest BCUT2D eigenvalue weighted by atomic mass is 35.5. The van der Waals surface area contributed by atoms with E-state index in [4.69, 9.17) is 11.6 Å². The van der Waals surface area contributed by atoms with Crippen molar-refractivity contribution in [2.45, 2.75) is 0 Å². The van der Waals surface area contributed by atoms with Crippen LogP contribution in [0.5, 0.6) is 0 Å². The number of non-ortho nitro benzene ring substituents is 1. The van der Waals surface area contributed by atoms with Crippen molar-refractivity contribution in [1.82, 2.24) is 0 Å². The summed E-state index contributed by atoms with van der Waals surface area (Å²) in [5, 5.41) is 21.8. The molecule has 1 aliphatic rings. The van der Waals surface area contributed by atoms with Crippen LogP contribution >= 0.6 is 11.6 Å². The van der Waals surface area contributed by atoms with E-state index in [9.17, 15) is 29.8 Å². The summed E-state index contributed by atoms with van der Waals surface area (Å²) in [7, 11) is 0. The lowest BCUT2D eigenvalue weighted by molar-refractivity contribution is -0.394. The summed E-state index contributed by atoms with van der Waals surface area (Å²) in [6.45, 7) is 0. The van der Waals surface area contributed by atoms with Crippen molar-refractivity contribution in [3.05, 3.63) is 90.5 Å². The number of rotatable bonds is 3. The van der Waals surface area contributed by atoms with Crippen LogP contribution in [-0.4, -0.2) is 27.2 Å². The molecule has 0 bridgehead atoms. The van der Waals surface area contributed by atoms with Gasteiger partial charge in [0.15, 0.2) is 0 Å². The van der Waals surface area contributed by atoms with Gasteiger partial charge in [0.1, 0.15) is 5.56 Å². The molecule has 9 nitrogen and oxygen atoms in total. The topological polar surface area (TPSA) is 133 Å².